The first kappa shape index (κ1) is 13.1. The molecule has 1 aromatic carbocycles. The number of hydrogen-bond acceptors (Lipinski definition) is 3. The molecule has 1 fully saturated rings. The van der Waals surface area contributed by atoms with Crippen molar-refractivity contribution < 1.29 is 9.90 Å². The highest BCUT2D eigenvalue weighted by Crippen LogP contribution is 2.20. The van der Waals surface area contributed by atoms with Gasteiger partial charge in [-0.1, -0.05) is 31.0 Å². The molecule has 0 saturated heterocycles. The van der Waals surface area contributed by atoms with Gasteiger partial charge in [-0.2, -0.15) is 0 Å². The molecule has 1 aromatic heterocycles. The zero-order valence-electron chi connectivity index (χ0n) is 11.2. The van der Waals surface area contributed by atoms with Gasteiger partial charge in [0.05, 0.1) is 23.2 Å². The predicted octanol–water partition coefficient (Wildman–Crippen LogP) is 2.27. The number of aromatic nitrogens is 1. The first-order chi connectivity index (χ1) is 9.75. The number of carbonyl (C=O) groups is 1. The molecule has 2 N–H and O–H groups in total. The Bertz CT molecular complexity index is 621. The van der Waals surface area contributed by atoms with E-state index in [2.05, 4.69) is 10.3 Å². The largest absolute Gasteiger partial charge is 0.391 e. The summed E-state index contributed by atoms with van der Waals surface area (Å²) in [7, 11) is 0. The molecule has 1 amide bonds. The zero-order valence-corrected chi connectivity index (χ0v) is 11.2. The fraction of sp³-hybridized carbons (Fsp3) is 0.375. The van der Waals surface area contributed by atoms with Gasteiger partial charge in [0, 0.05) is 11.6 Å². The number of nitrogens with zero attached hydrogens (tertiary/aromatic N) is 1. The summed E-state index contributed by atoms with van der Waals surface area (Å²) in [6.45, 7) is 0. The van der Waals surface area contributed by atoms with Crippen LogP contribution < -0.4 is 5.32 Å². The van der Waals surface area contributed by atoms with Crippen LogP contribution in [0, 0.1) is 0 Å². The van der Waals surface area contributed by atoms with E-state index in [1.807, 2.05) is 24.3 Å². The Morgan fingerprint density at radius 3 is 2.85 bits per heavy atom. The van der Waals surface area contributed by atoms with Crippen LogP contribution in [0.1, 0.15) is 36.0 Å². The average Bonchev–Trinajstić information content (AvgIpc) is 2.49. The van der Waals surface area contributed by atoms with Gasteiger partial charge < -0.3 is 10.4 Å². The van der Waals surface area contributed by atoms with Gasteiger partial charge in [-0.05, 0) is 25.0 Å². The fourth-order valence-electron chi connectivity index (χ4n) is 2.82. The third-order valence-electron chi connectivity index (χ3n) is 3.94. The van der Waals surface area contributed by atoms with E-state index in [4.69, 9.17) is 0 Å². The zero-order chi connectivity index (χ0) is 13.9. The quantitative estimate of drug-likeness (QED) is 0.880. The Morgan fingerprint density at radius 1 is 1.20 bits per heavy atom. The first-order valence-electron chi connectivity index (χ1n) is 7.08. The topological polar surface area (TPSA) is 62.2 Å². The minimum atomic E-state index is -0.430. The van der Waals surface area contributed by atoms with Crippen molar-refractivity contribution in [1.82, 2.24) is 10.3 Å². The Balaban J connectivity index is 1.85. The lowest BCUT2D eigenvalue weighted by molar-refractivity contribution is 0.0718. The molecule has 20 heavy (non-hydrogen) atoms. The number of fused-ring (bicyclic) bond motifs is 1. The van der Waals surface area contributed by atoms with Crippen LogP contribution >= 0.6 is 0 Å². The second-order valence-electron chi connectivity index (χ2n) is 5.31. The third-order valence-corrected chi connectivity index (χ3v) is 3.94. The van der Waals surface area contributed by atoms with Crippen LogP contribution in [0.5, 0.6) is 0 Å². The van der Waals surface area contributed by atoms with E-state index in [1.165, 1.54) is 0 Å². The Hall–Kier alpha value is -1.94. The molecule has 2 aromatic rings. The van der Waals surface area contributed by atoms with Gasteiger partial charge in [-0.25, -0.2) is 0 Å². The Morgan fingerprint density at radius 2 is 2.00 bits per heavy atom. The minimum Gasteiger partial charge on any atom is -0.391 e. The first-order valence-corrected chi connectivity index (χ1v) is 7.08. The lowest BCUT2D eigenvalue weighted by Gasteiger charge is -2.28. The van der Waals surface area contributed by atoms with Crippen molar-refractivity contribution in [2.24, 2.45) is 0 Å². The molecule has 0 aliphatic heterocycles. The molecule has 1 aliphatic rings. The van der Waals surface area contributed by atoms with Gasteiger partial charge in [0.15, 0.2) is 0 Å². The van der Waals surface area contributed by atoms with Crippen LogP contribution in [0.15, 0.2) is 36.5 Å². The fourth-order valence-corrected chi connectivity index (χ4v) is 2.82. The summed E-state index contributed by atoms with van der Waals surface area (Å²) in [5.41, 5.74) is 1.43. The lowest BCUT2D eigenvalue weighted by atomic mass is 9.92. The minimum absolute atomic E-state index is 0.130. The molecule has 1 aliphatic carbocycles. The van der Waals surface area contributed by atoms with Crippen LogP contribution in [0.4, 0.5) is 0 Å². The second kappa shape index (κ2) is 5.59. The summed E-state index contributed by atoms with van der Waals surface area (Å²) in [5, 5.41) is 13.8. The van der Waals surface area contributed by atoms with Crippen LogP contribution in [0.2, 0.25) is 0 Å². The van der Waals surface area contributed by atoms with Gasteiger partial charge in [0.25, 0.3) is 5.91 Å². The van der Waals surface area contributed by atoms with E-state index >= 15 is 0 Å². The molecule has 0 spiro atoms. The number of benzene rings is 1. The number of amides is 1. The van der Waals surface area contributed by atoms with E-state index in [9.17, 15) is 9.90 Å². The standard InChI is InChI=1S/C16H18N2O2/c19-15-8-4-3-7-14(15)18-16(20)12-9-10-17-13-6-2-1-5-11(12)13/h1-2,5-6,9-10,14-15,19H,3-4,7-8H2,(H,18,20)/t14-,15-/m1/s1. The monoisotopic (exact) mass is 270 g/mol. The number of para-hydroxylation sites is 1. The molecule has 4 nitrogen and oxygen atoms in total. The number of aliphatic hydroxyl groups excluding tert-OH is 1. The van der Waals surface area contributed by atoms with Gasteiger partial charge in [0.2, 0.25) is 0 Å². The maximum atomic E-state index is 12.4. The summed E-state index contributed by atoms with van der Waals surface area (Å²) >= 11 is 0. The number of nitrogens with one attached hydrogen (secondary N) is 1. The van der Waals surface area contributed by atoms with Crippen molar-refractivity contribution in [2.75, 3.05) is 0 Å². The molecule has 4 heteroatoms. The number of rotatable bonds is 2. The molecular formula is C16H18N2O2. The lowest BCUT2D eigenvalue weighted by Crippen LogP contribution is -2.45. The van der Waals surface area contributed by atoms with Crippen LogP contribution in [-0.2, 0) is 0 Å². The number of pyridine rings is 1. The molecule has 0 radical (unpaired) electrons. The van der Waals surface area contributed by atoms with Gasteiger partial charge >= 0.3 is 0 Å². The molecule has 0 unspecified atom stereocenters. The van der Waals surface area contributed by atoms with Crippen molar-refractivity contribution in [1.29, 1.82) is 0 Å². The van der Waals surface area contributed by atoms with Crippen molar-refractivity contribution >= 4 is 16.8 Å². The maximum absolute atomic E-state index is 12.4. The Labute approximate surface area is 117 Å². The highest BCUT2D eigenvalue weighted by atomic mass is 16.3. The number of carbonyl (C=O) groups excluding carboxylic acids is 1. The van der Waals surface area contributed by atoms with Crippen LogP contribution in [0.3, 0.4) is 0 Å². The molecule has 1 heterocycles. The van der Waals surface area contributed by atoms with Gasteiger partial charge in [-0.15, -0.1) is 0 Å². The van der Waals surface area contributed by atoms with Gasteiger partial charge in [0.1, 0.15) is 0 Å². The van der Waals surface area contributed by atoms with E-state index in [1.54, 1.807) is 12.3 Å². The normalized spacial score (nSPS) is 22.6. The molecule has 0 bridgehead atoms. The summed E-state index contributed by atoms with van der Waals surface area (Å²) in [4.78, 5) is 16.7. The maximum Gasteiger partial charge on any atom is 0.252 e. The van der Waals surface area contributed by atoms with Crippen molar-refractivity contribution in [2.45, 2.75) is 37.8 Å². The van der Waals surface area contributed by atoms with E-state index in [0.29, 0.717) is 5.56 Å². The highest BCUT2D eigenvalue weighted by Gasteiger charge is 2.25. The van der Waals surface area contributed by atoms with Crippen molar-refractivity contribution in [3.8, 4) is 0 Å². The summed E-state index contributed by atoms with van der Waals surface area (Å²) in [6, 6.07) is 9.18. The van der Waals surface area contributed by atoms with E-state index in [-0.39, 0.29) is 11.9 Å². The third kappa shape index (κ3) is 2.51. The smallest absolute Gasteiger partial charge is 0.252 e. The van der Waals surface area contributed by atoms with Crippen LogP contribution in [0.25, 0.3) is 10.9 Å². The SMILES string of the molecule is O=C(N[C@@H]1CCCC[C@H]1O)c1ccnc2ccccc12. The van der Waals surface area contributed by atoms with E-state index < -0.39 is 6.10 Å². The summed E-state index contributed by atoms with van der Waals surface area (Å²) in [5.74, 6) is -0.130. The molecule has 2 atom stereocenters. The Kier molecular flexibility index (Phi) is 3.65. The van der Waals surface area contributed by atoms with E-state index in [0.717, 1.165) is 36.6 Å². The number of aliphatic hydroxyl groups is 1. The molecular weight excluding hydrogens is 252 g/mol. The van der Waals surface area contributed by atoms with Crippen molar-refractivity contribution in [3.05, 3.63) is 42.1 Å². The molecule has 3 rings (SSSR count). The predicted molar refractivity (Wildman–Crippen MR) is 77.5 cm³/mol. The number of hydrogen-bond donors (Lipinski definition) is 2. The molecule has 104 valence electrons. The summed E-state index contributed by atoms with van der Waals surface area (Å²) in [6.07, 6.45) is 4.91. The average molecular weight is 270 g/mol. The van der Waals surface area contributed by atoms with Crippen molar-refractivity contribution in [3.63, 3.8) is 0 Å². The highest BCUT2D eigenvalue weighted by molar-refractivity contribution is 6.06. The molecule has 1 saturated carbocycles. The summed E-state index contributed by atoms with van der Waals surface area (Å²) < 4.78 is 0. The van der Waals surface area contributed by atoms with Gasteiger partial charge in [-0.3, -0.25) is 9.78 Å². The second-order valence-corrected chi connectivity index (χ2v) is 5.31. The van der Waals surface area contributed by atoms with Crippen LogP contribution in [-0.4, -0.2) is 28.1 Å².